The Labute approximate surface area is 128 Å². The predicted octanol–water partition coefficient (Wildman–Crippen LogP) is 5.10. The zero-order valence-electron chi connectivity index (χ0n) is 12.6. The summed E-state index contributed by atoms with van der Waals surface area (Å²) in [5.74, 6) is 2.54. The van der Waals surface area contributed by atoms with E-state index in [9.17, 15) is 0 Å². The highest BCUT2D eigenvalue weighted by atomic mass is 32.1. The molecule has 1 heteroatoms. The van der Waals surface area contributed by atoms with Crippen LogP contribution in [0, 0.1) is 18.8 Å². The van der Waals surface area contributed by atoms with Gasteiger partial charge in [-0.1, -0.05) is 30.4 Å². The van der Waals surface area contributed by atoms with Crippen molar-refractivity contribution in [2.45, 2.75) is 39.5 Å². The normalized spacial score (nSPS) is 21.9. The van der Waals surface area contributed by atoms with Gasteiger partial charge in [-0.3, -0.25) is 0 Å². The molecule has 0 heterocycles. The highest BCUT2D eigenvalue weighted by Crippen LogP contribution is 2.39. The van der Waals surface area contributed by atoms with Gasteiger partial charge in [0, 0.05) is 0 Å². The summed E-state index contributed by atoms with van der Waals surface area (Å²) in [5.41, 5.74) is 8.83. The lowest BCUT2D eigenvalue weighted by Gasteiger charge is -2.13. The second kappa shape index (κ2) is 5.44. The van der Waals surface area contributed by atoms with Crippen molar-refractivity contribution in [2.24, 2.45) is 11.8 Å². The molecule has 0 N–H and O–H groups in total. The van der Waals surface area contributed by atoms with E-state index in [4.69, 9.17) is 0 Å². The second-order valence-electron chi connectivity index (χ2n) is 6.47. The molecule has 1 saturated carbocycles. The quantitative estimate of drug-likeness (QED) is 0.731. The van der Waals surface area contributed by atoms with E-state index in [-0.39, 0.29) is 0 Å². The van der Waals surface area contributed by atoms with Crippen LogP contribution in [0.5, 0.6) is 0 Å². The fourth-order valence-electron chi connectivity index (χ4n) is 3.48. The molecule has 106 valence electrons. The molecule has 2 aliphatic rings. The lowest BCUT2D eigenvalue weighted by atomic mass is 9.92. The minimum atomic E-state index is 0.716. The number of thiol groups is 1. The fourth-order valence-corrected chi connectivity index (χ4v) is 3.74. The minimum absolute atomic E-state index is 0.716. The molecule has 0 spiro atoms. The molecule has 0 radical (unpaired) electrons. The molecule has 1 aromatic rings. The molecule has 2 aliphatic carbocycles. The average Bonchev–Trinajstić information content (AvgIpc) is 3.21. The third kappa shape index (κ3) is 2.48. The predicted molar refractivity (Wildman–Crippen MR) is 92.4 cm³/mol. The van der Waals surface area contributed by atoms with Gasteiger partial charge in [0.25, 0.3) is 0 Å². The van der Waals surface area contributed by atoms with Crippen molar-refractivity contribution in [3.63, 3.8) is 0 Å². The number of fused-ring (bicyclic) bond motifs is 1. The lowest BCUT2D eigenvalue weighted by molar-refractivity contribution is 0.640. The van der Waals surface area contributed by atoms with Gasteiger partial charge >= 0.3 is 0 Å². The van der Waals surface area contributed by atoms with Gasteiger partial charge in [-0.2, -0.15) is 12.6 Å². The number of rotatable bonds is 4. The van der Waals surface area contributed by atoms with Crippen molar-refractivity contribution in [3.05, 3.63) is 46.0 Å². The van der Waals surface area contributed by atoms with Gasteiger partial charge in [-0.25, -0.2) is 0 Å². The van der Waals surface area contributed by atoms with E-state index in [2.05, 4.69) is 45.2 Å². The molecule has 1 fully saturated rings. The zero-order valence-corrected chi connectivity index (χ0v) is 13.5. The minimum Gasteiger partial charge on any atom is -0.179 e. The molecular formula is C19H24S. The van der Waals surface area contributed by atoms with Crippen LogP contribution in [-0.4, -0.2) is 5.75 Å². The molecule has 0 aliphatic heterocycles. The smallest absolute Gasteiger partial charge is 0.00631 e. The summed E-state index contributed by atoms with van der Waals surface area (Å²) >= 11 is 4.49. The van der Waals surface area contributed by atoms with Crippen LogP contribution < -0.4 is 0 Å². The third-order valence-corrected chi connectivity index (χ3v) is 5.47. The van der Waals surface area contributed by atoms with Gasteiger partial charge in [-0.15, -0.1) is 0 Å². The van der Waals surface area contributed by atoms with Gasteiger partial charge in [0.15, 0.2) is 0 Å². The Balaban J connectivity index is 2.06. The molecular weight excluding hydrogens is 260 g/mol. The molecule has 3 rings (SSSR count). The molecule has 0 amide bonds. The standard InChI is InChI=1S/C19H24S/c1-4-15-10-17-8-14(11-20)9-19(17)13(3)18(15)7-12(2)16-5-6-16/h4,7,10,14,16,20H,1,5-6,8-9,11H2,2-3H3/b12-7+. The van der Waals surface area contributed by atoms with E-state index >= 15 is 0 Å². The van der Waals surface area contributed by atoms with Gasteiger partial charge < -0.3 is 0 Å². The molecule has 0 nitrogen and oxygen atoms in total. The molecule has 1 aromatic carbocycles. The first kappa shape index (κ1) is 14.0. The molecule has 0 bridgehead atoms. The van der Waals surface area contributed by atoms with Crippen LogP contribution in [0.2, 0.25) is 0 Å². The van der Waals surface area contributed by atoms with Crippen LogP contribution in [0.15, 0.2) is 18.2 Å². The van der Waals surface area contributed by atoms with E-state index < -0.39 is 0 Å². The zero-order chi connectivity index (χ0) is 14.3. The van der Waals surface area contributed by atoms with Crippen molar-refractivity contribution in [1.29, 1.82) is 0 Å². The Kier molecular flexibility index (Phi) is 3.81. The van der Waals surface area contributed by atoms with Crippen molar-refractivity contribution in [2.75, 3.05) is 5.75 Å². The van der Waals surface area contributed by atoms with Crippen molar-refractivity contribution in [1.82, 2.24) is 0 Å². The van der Waals surface area contributed by atoms with Crippen LogP contribution in [-0.2, 0) is 12.8 Å². The summed E-state index contributed by atoms with van der Waals surface area (Å²) in [6.07, 6.45) is 9.57. The van der Waals surface area contributed by atoms with Crippen molar-refractivity contribution >= 4 is 24.8 Å². The molecule has 1 atom stereocenters. The monoisotopic (exact) mass is 284 g/mol. The van der Waals surface area contributed by atoms with E-state index in [0.717, 1.165) is 11.7 Å². The van der Waals surface area contributed by atoms with Crippen LogP contribution in [0.1, 0.15) is 47.6 Å². The SMILES string of the molecule is C=Cc1cc2c(c(C)c1/C=C(\C)C1CC1)CC(CS)C2. The van der Waals surface area contributed by atoms with Gasteiger partial charge in [0.1, 0.15) is 0 Å². The van der Waals surface area contributed by atoms with Gasteiger partial charge in [0.05, 0.1) is 0 Å². The van der Waals surface area contributed by atoms with E-state index in [1.165, 1.54) is 47.9 Å². The Morgan fingerprint density at radius 3 is 2.75 bits per heavy atom. The third-order valence-electron chi connectivity index (χ3n) is 4.96. The maximum atomic E-state index is 4.49. The topological polar surface area (TPSA) is 0 Å². The summed E-state index contributed by atoms with van der Waals surface area (Å²) in [6, 6.07) is 2.37. The maximum absolute atomic E-state index is 4.49. The first-order chi connectivity index (χ1) is 9.63. The average molecular weight is 284 g/mol. The highest BCUT2D eigenvalue weighted by molar-refractivity contribution is 7.80. The number of allylic oxidation sites excluding steroid dienone is 1. The van der Waals surface area contributed by atoms with Gasteiger partial charge in [-0.05, 0) is 84.9 Å². The first-order valence-electron chi connectivity index (χ1n) is 7.70. The molecule has 1 unspecified atom stereocenters. The number of benzene rings is 1. The molecule has 0 saturated heterocycles. The largest absolute Gasteiger partial charge is 0.179 e. The summed E-state index contributed by atoms with van der Waals surface area (Å²) in [7, 11) is 0. The Hall–Kier alpha value is -0.950. The summed E-state index contributed by atoms with van der Waals surface area (Å²) in [5, 5.41) is 0. The Morgan fingerprint density at radius 2 is 2.15 bits per heavy atom. The van der Waals surface area contributed by atoms with Crippen molar-refractivity contribution < 1.29 is 0 Å². The fraction of sp³-hybridized carbons (Fsp3) is 0.474. The second-order valence-corrected chi connectivity index (χ2v) is 6.83. The summed E-state index contributed by atoms with van der Waals surface area (Å²) in [6.45, 7) is 8.60. The van der Waals surface area contributed by atoms with E-state index in [1.807, 2.05) is 6.08 Å². The first-order valence-corrected chi connectivity index (χ1v) is 8.34. The van der Waals surface area contributed by atoms with E-state index in [1.54, 1.807) is 11.1 Å². The maximum Gasteiger partial charge on any atom is -0.00631 e. The lowest BCUT2D eigenvalue weighted by Crippen LogP contribution is -2.00. The number of hydrogen-bond donors (Lipinski definition) is 1. The van der Waals surface area contributed by atoms with E-state index in [0.29, 0.717) is 5.92 Å². The summed E-state index contributed by atoms with van der Waals surface area (Å²) < 4.78 is 0. The Bertz CT molecular complexity index is 576. The Morgan fingerprint density at radius 1 is 1.40 bits per heavy atom. The van der Waals surface area contributed by atoms with Crippen LogP contribution in [0.25, 0.3) is 12.2 Å². The van der Waals surface area contributed by atoms with Gasteiger partial charge in [0.2, 0.25) is 0 Å². The molecule has 20 heavy (non-hydrogen) atoms. The number of hydrogen-bond acceptors (Lipinski definition) is 1. The molecule has 0 aromatic heterocycles. The van der Waals surface area contributed by atoms with Crippen LogP contribution in [0.3, 0.4) is 0 Å². The highest BCUT2D eigenvalue weighted by Gasteiger charge is 2.26. The van der Waals surface area contributed by atoms with Crippen LogP contribution >= 0.6 is 12.6 Å². The van der Waals surface area contributed by atoms with Crippen LogP contribution in [0.4, 0.5) is 0 Å². The van der Waals surface area contributed by atoms with Crippen molar-refractivity contribution in [3.8, 4) is 0 Å². The summed E-state index contributed by atoms with van der Waals surface area (Å²) in [4.78, 5) is 0.